The summed E-state index contributed by atoms with van der Waals surface area (Å²) in [7, 11) is -2.49. The topological polar surface area (TPSA) is 92.7 Å². The number of carbonyl (C=O) groups excluding carboxylic acids is 1. The summed E-state index contributed by atoms with van der Waals surface area (Å²) in [5, 5.41) is 9.38. The lowest BCUT2D eigenvalue weighted by Gasteiger charge is -2.08. The van der Waals surface area contributed by atoms with Crippen molar-refractivity contribution in [3.63, 3.8) is 0 Å². The van der Waals surface area contributed by atoms with Crippen LogP contribution in [0.25, 0.3) is 0 Å². The van der Waals surface area contributed by atoms with Crippen LogP contribution in [0.4, 0.5) is 5.69 Å². The van der Waals surface area contributed by atoms with Gasteiger partial charge in [0.05, 0.1) is 25.0 Å². The zero-order valence-electron chi connectivity index (χ0n) is 9.21. The van der Waals surface area contributed by atoms with E-state index in [1.807, 2.05) is 0 Å². The first-order valence-electron chi connectivity index (χ1n) is 4.80. The summed E-state index contributed by atoms with van der Waals surface area (Å²) >= 11 is 0. The maximum absolute atomic E-state index is 11.5. The summed E-state index contributed by atoms with van der Waals surface area (Å²) in [6, 6.07) is 5.93. The molecule has 1 rings (SSSR count). The van der Waals surface area contributed by atoms with Gasteiger partial charge in [-0.05, 0) is 12.1 Å². The van der Waals surface area contributed by atoms with Crippen LogP contribution in [0.15, 0.2) is 24.3 Å². The van der Waals surface area contributed by atoms with Crippen LogP contribution in [0.5, 0.6) is 5.75 Å². The number of phenolic OH excluding ortho intramolecular Hbond substituents is 1. The Morgan fingerprint density at radius 1 is 1.41 bits per heavy atom. The van der Waals surface area contributed by atoms with Crippen LogP contribution < -0.4 is 4.72 Å². The molecule has 6 nitrogen and oxygen atoms in total. The number of phenols is 1. The largest absolute Gasteiger partial charge is 0.506 e. The number of hydrogen-bond acceptors (Lipinski definition) is 5. The number of rotatable bonds is 5. The Hall–Kier alpha value is -1.76. The van der Waals surface area contributed by atoms with Gasteiger partial charge in [-0.15, -0.1) is 0 Å². The van der Waals surface area contributed by atoms with Crippen molar-refractivity contribution in [1.29, 1.82) is 0 Å². The second-order valence-electron chi connectivity index (χ2n) is 3.26. The standard InChI is InChI=1S/C10H13NO5S/c1-16-10(13)6-7-17(14,15)11-8-4-2-3-5-9(8)12/h2-5,11-12H,6-7H2,1H3. The first-order valence-corrected chi connectivity index (χ1v) is 6.45. The number of para-hydroxylation sites is 2. The van der Waals surface area contributed by atoms with Crippen LogP contribution >= 0.6 is 0 Å². The van der Waals surface area contributed by atoms with Crippen molar-refractivity contribution in [3.8, 4) is 5.75 Å². The average molecular weight is 259 g/mol. The molecule has 0 saturated carbocycles. The molecule has 0 bridgehead atoms. The Kier molecular flexibility index (Phi) is 4.33. The number of methoxy groups -OCH3 is 1. The number of anilines is 1. The fraction of sp³-hybridized carbons (Fsp3) is 0.300. The molecule has 0 amide bonds. The van der Waals surface area contributed by atoms with Gasteiger partial charge in [-0.3, -0.25) is 9.52 Å². The van der Waals surface area contributed by atoms with E-state index in [0.29, 0.717) is 0 Å². The molecule has 0 heterocycles. The number of benzene rings is 1. The third-order valence-electron chi connectivity index (χ3n) is 1.97. The maximum Gasteiger partial charge on any atom is 0.306 e. The van der Waals surface area contributed by atoms with Gasteiger partial charge in [0.15, 0.2) is 0 Å². The third kappa shape index (κ3) is 4.31. The Bertz CT molecular complexity index is 497. The van der Waals surface area contributed by atoms with Crippen molar-refractivity contribution in [3.05, 3.63) is 24.3 Å². The van der Waals surface area contributed by atoms with Gasteiger partial charge in [0.25, 0.3) is 0 Å². The summed E-state index contributed by atoms with van der Waals surface area (Å²) in [4.78, 5) is 10.8. The first kappa shape index (κ1) is 13.3. The lowest BCUT2D eigenvalue weighted by molar-refractivity contribution is -0.140. The van der Waals surface area contributed by atoms with E-state index in [0.717, 1.165) is 0 Å². The van der Waals surface area contributed by atoms with Crippen molar-refractivity contribution in [2.45, 2.75) is 6.42 Å². The van der Waals surface area contributed by atoms with E-state index >= 15 is 0 Å². The minimum Gasteiger partial charge on any atom is -0.506 e. The van der Waals surface area contributed by atoms with Gasteiger partial charge in [0, 0.05) is 0 Å². The van der Waals surface area contributed by atoms with E-state index < -0.39 is 21.7 Å². The third-order valence-corrected chi connectivity index (χ3v) is 3.24. The molecule has 0 radical (unpaired) electrons. The summed E-state index contributed by atoms with van der Waals surface area (Å²) in [6.45, 7) is 0. The van der Waals surface area contributed by atoms with Crippen molar-refractivity contribution in [1.82, 2.24) is 0 Å². The summed E-state index contributed by atoms with van der Waals surface area (Å²) in [5.41, 5.74) is 0.0809. The molecule has 0 aromatic heterocycles. The highest BCUT2D eigenvalue weighted by molar-refractivity contribution is 7.92. The normalized spacial score (nSPS) is 10.9. The molecule has 1 aromatic rings. The van der Waals surface area contributed by atoms with E-state index in [9.17, 15) is 18.3 Å². The van der Waals surface area contributed by atoms with Crippen molar-refractivity contribution in [2.24, 2.45) is 0 Å². The van der Waals surface area contributed by atoms with Gasteiger partial charge >= 0.3 is 5.97 Å². The molecule has 0 atom stereocenters. The minimum atomic E-state index is -3.67. The molecule has 94 valence electrons. The van der Waals surface area contributed by atoms with E-state index in [-0.39, 0.29) is 17.9 Å². The maximum atomic E-state index is 11.5. The molecule has 0 aliphatic rings. The summed E-state index contributed by atoms with van der Waals surface area (Å²) in [6.07, 6.45) is -0.237. The monoisotopic (exact) mass is 259 g/mol. The zero-order valence-corrected chi connectivity index (χ0v) is 10.0. The number of aromatic hydroxyl groups is 1. The van der Waals surface area contributed by atoms with Crippen molar-refractivity contribution < 1.29 is 23.1 Å². The van der Waals surface area contributed by atoms with Crippen LogP contribution in [-0.4, -0.2) is 32.4 Å². The smallest absolute Gasteiger partial charge is 0.306 e. The van der Waals surface area contributed by atoms with Crippen LogP contribution in [0.1, 0.15) is 6.42 Å². The molecular weight excluding hydrogens is 246 g/mol. The molecule has 0 aliphatic heterocycles. The molecule has 0 unspecified atom stereocenters. The predicted octanol–water partition coefficient (Wildman–Crippen LogP) is 0.697. The second kappa shape index (κ2) is 5.53. The number of hydrogen-bond donors (Lipinski definition) is 2. The Labute approximate surface area is 99.3 Å². The van der Waals surface area contributed by atoms with Gasteiger partial charge in [-0.1, -0.05) is 12.1 Å². The van der Waals surface area contributed by atoms with Gasteiger partial charge in [-0.25, -0.2) is 8.42 Å². The number of sulfonamides is 1. The van der Waals surface area contributed by atoms with E-state index in [2.05, 4.69) is 9.46 Å². The summed E-state index contributed by atoms with van der Waals surface area (Å²) < 4.78 is 29.6. The molecule has 0 fully saturated rings. The fourth-order valence-electron chi connectivity index (χ4n) is 1.10. The molecule has 0 saturated heterocycles. The van der Waals surface area contributed by atoms with E-state index in [1.54, 1.807) is 12.1 Å². The SMILES string of the molecule is COC(=O)CCS(=O)(=O)Nc1ccccc1O. The highest BCUT2D eigenvalue weighted by atomic mass is 32.2. The Morgan fingerprint density at radius 3 is 2.65 bits per heavy atom. The van der Waals surface area contributed by atoms with Gasteiger partial charge < -0.3 is 9.84 Å². The quantitative estimate of drug-likeness (QED) is 0.599. The lowest BCUT2D eigenvalue weighted by Crippen LogP contribution is -2.19. The molecule has 0 spiro atoms. The van der Waals surface area contributed by atoms with Crippen molar-refractivity contribution in [2.75, 3.05) is 17.6 Å². The molecule has 2 N–H and O–H groups in total. The van der Waals surface area contributed by atoms with Crippen LogP contribution in [0.3, 0.4) is 0 Å². The molecule has 1 aromatic carbocycles. The van der Waals surface area contributed by atoms with Gasteiger partial charge in [0.1, 0.15) is 5.75 Å². The highest BCUT2D eigenvalue weighted by Gasteiger charge is 2.15. The van der Waals surface area contributed by atoms with Crippen LogP contribution in [-0.2, 0) is 19.6 Å². The summed E-state index contributed by atoms with van der Waals surface area (Å²) in [5.74, 6) is -1.17. The first-order chi connectivity index (χ1) is 7.94. The molecule has 17 heavy (non-hydrogen) atoms. The minimum absolute atomic E-state index is 0.0809. The number of esters is 1. The Morgan fingerprint density at radius 2 is 2.06 bits per heavy atom. The predicted molar refractivity (Wildman–Crippen MR) is 62.1 cm³/mol. The number of carbonyl (C=O) groups is 1. The highest BCUT2D eigenvalue weighted by Crippen LogP contribution is 2.22. The Balaban J connectivity index is 2.67. The van der Waals surface area contributed by atoms with Gasteiger partial charge in [-0.2, -0.15) is 0 Å². The molecular formula is C10H13NO5S. The fourth-order valence-corrected chi connectivity index (χ4v) is 2.14. The molecule has 7 heteroatoms. The molecule has 0 aliphatic carbocycles. The van der Waals surface area contributed by atoms with Crippen LogP contribution in [0, 0.1) is 0 Å². The van der Waals surface area contributed by atoms with E-state index in [1.165, 1.54) is 19.2 Å². The van der Waals surface area contributed by atoms with E-state index in [4.69, 9.17) is 0 Å². The zero-order chi connectivity index (χ0) is 12.9. The average Bonchev–Trinajstić information content (AvgIpc) is 2.29. The number of ether oxygens (including phenoxy) is 1. The van der Waals surface area contributed by atoms with Crippen molar-refractivity contribution >= 4 is 21.7 Å². The van der Waals surface area contributed by atoms with Crippen LogP contribution in [0.2, 0.25) is 0 Å². The van der Waals surface area contributed by atoms with Gasteiger partial charge in [0.2, 0.25) is 10.0 Å². The lowest BCUT2D eigenvalue weighted by atomic mass is 10.3. The number of nitrogens with one attached hydrogen (secondary N) is 1. The second-order valence-corrected chi connectivity index (χ2v) is 5.11.